The van der Waals surface area contributed by atoms with E-state index in [0.29, 0.717) is 0 Å². The topological polar surface area (TPSA) is 0 Å². The van der Waals surface area contributed by atoms with Crippen LogP contribution in [0, 0.1) is 0 Å². The van der Waals surface area contributed by atoms with Gasteiger partial charge in [-0.25, -0.2) is 0 Å². The Balaban J connectivity index is 1.78. The van der Waals surface area contributed by atoms with Crippen molar-refractivity contribution in [2.45, 2.75) is 32.6 Å². The van der Waals surface area contributed by atoms with Crippen molar-refractivity contribution in [3.05, 3.63) is 75.9 Å². The zero-order valence-electron chi connectivity index (χ0n) is 12.4. The van der Waals surface area contributed by atoms with Gasteiger partial charge in [-0.05, 0) is 88.8 Å². The standard InChI is InChI=1S/C21H18/c1-13-5-4-8-15(13)20-12-21-16-7-3-2-6-14(16)11-19(21)17-9-10-18(17)20/h2-7,12H,8-11H2,1H3. The van der Waals surface area contributed by atoms with Crippen molar-refractivity contribution in [1.82, 2.24) is 0 Å². The van der Waals surface area contributed by atoms with Crippen LogP contribution in [0.4, 0.5) is 0 Å². The second-order valence-electron chi connectivity index (χ2n) is 6.51. The van der Waals surface area contributed by atoms with Crippen LogP contribution in [-0.2, 0) is 19.3 Å². The van der Waals surface area contributed by atoms with Gasteiger partial charge in [-0.15, -0.1) is 0 Å². The minimum absolute atomic E-state index is 1.11. The predicted octanol–water partition coefficient (Wildman–Crippen LogP) is 5.09. The van der Waals surface area contributed by atoms with Crippen LogP contribution in [0.2, 0.25) is 0 Å². The lowest BCUT2D eigenvalue weighted by atomic mass is 9.77. The molecule has 3 aliphatic carbocycles. The van der Waals surface area contributed by atoms with Gasteiger partial charge in [-0.2, -0.15) is 0 Å². The molecule has 0 heteroatoms. The van der Waals surface area contributed by atoms with Crippen LogP contribution in [0.25, 0.3) is 16.7 Å². The number of rotatable bonds is 1. The summed E-state index contributed by atoms with van der Waals surface area (Å²) in [5.41, 5.74) is 13.9. The predicted molar refractivity (Wildman–Crippen MR) is 88.4 cm³/mol. The Labute approximate surface area is 125 Å². The highest BCUT2D eigenvalue weighted by Crippen LogP contribution is 2.46. The van der Waals surface area contributed by atoms with Crippen molar-refractivity contribution in [1.29, 1.82) is 0 Å². The van der Waals surface area contributed by atoms with Gasteiger partial charge in [0.05, 0.1) is 0 Å². The molecule has 0 atom stereocenters. The van der Waals surface area contributed by atoms with Crippen LogP contribution in [0.3, 0.4) is 0 Å². The largest absolute Gasteiger partial charge is 0.0798 e. The van der Waals surface area contributed by atoms with Gasteiger partial charge in [0.15, 0.2) is 0 Å². The van der Waals surface area contributed by atoms with Gasteiger partial charge in [0.2, 0.25) is 0 Å². The number of hydrogen-bond acceptors (Lipinski definition) is 0. The SMILES string of the molecule is CC1=C(c2cc3c(c4c2CC4)Cc2ccccc2-3)CC=C1. The molecule has 0 spiro atoms. The van der Waals surface area contributed by atoms with E-state index in [2.05, 4.69) is 49.4 Å². The molecule has 0 unspecified atom stereocenters. The quantitative estimate of drug-likeness (QED) is 0.578. The maximum Gasteiger partial charge on any atom is -0.00106 e. The van der Waals surface area contributed by atoms with Crippen molar-refractivity contribution < 1.29 is 0 Å². The summed E-state index contributed by atoms with van der Waals surface area (Å²) in [5.74, 6) is 0. The second-order valence-corrected chi connectivity index (χ2v) is 6.51. The third-order valence-electron chi connectivity index (χ3n) is 5.46. The molecule has 0 aliphatic heterocycles. The van der Waals surface area contributed by atoms with E-state index >= 15 is 0 Å². The molecule has 0 heterocycles. The molecule has 102 valence electrons. The molecule has 0 saturated carbocycles. The Hall–Kier alpha value is -2.08. The first-order valence-corrected chi connectivity index (χ1v) is 7.95. The van der Waals surface area contributed by atoms with Gasteiger partial charge in [0.1, 0.15) is 0 Å². The first-order valence-electron chi connectivity index (χ1n) is 7.95. The summed E-state index contributed by atoms with van der Waals surface area (Å²) in [6.07, 6.45) is 9.38. The molecule has 0 bridgehead atoms. The normalized spacial score (nSPS) is 17.6. The average Bonchev–Trinajstić information content (AvgIpc) is 3.01. The van der Waals surface area contributed by atoms with E-state index in [1.165, 1.54) is 40.7 Å². The van der Waals surface area contributed by atoms with E-state index in [9.17, 15) is 0 Å². The molecule has 21 heavy (non-hydrogen) atoms. The molecule has 3 aliphatic rings. The average molecular weight is 270 g/mol. The Morgan fingerprint density at radius 2 is 1.71 bits per heavy atom. The van der Waals surface area contributed by atoms with E-state index in [1.807, 2.05) is 0 Å². The number of hydrogen-bond donors (Lipinski definition) is 0. The minimum atomic E-state index is 1.11. The van der Waals surface area contributed by atoms with Crippen LogP contribution in [-0.4, -0.2) is 0 Å². The summed E-state index contributed by atoms with van der Waals surface area (Å²) < 4.78 is 0. The fourth-order valence-corrected chi connectivity index (χ4v) is 4.26. The van der Waals surface area contributed by atoms with Crippen LogP contribution < -0.4 is 0 Å². The zero-order valence-corrected chi connectivity index (χ0v) is 12.4. The van der Waals surface area contributed by atoms with Gasteiger partial charge in [0, 0.05) is 0 Å². The van der Waals surface area contributed by atoms with Crippen molar-refractivity contribution >= 4 is 5.57 Å². The van der Waals surface area contributed by atoms with Crippen molar-refractivity contribution in [2.24, 2.45) is 0 Å². The lowest BCUT2D eigenvalue weighted by Gasteiger charge is -2.27. The summed E-state index contributed by atoms with van der Waals surface area (Å²) in [4.78, 5) is 0. The first kappa shape index (κ1) is 11.6. The van der Waals surface area contributed by atoms with E-state index < -0.39 is 0 Å². The first-order chi connectivity index (χ1) is 10.3. The molecule has 0 N–H and O–H groups in total. The van der Waals surface area contributed by atoms with Gasteiger partial charge in [-0.1, -0.05) is 36.4 Å². The minimum Gasteiger partial charge on any atom is -0.0798 e. The maximum atomic E-state index is 2.49. The smallest absolute Gasteiger partial charge is 0.00106 e. The van der Waals surface area contributed by atoms with Crippen LogP contribution in [0.15, 0.2) is 48.1 Å². The Kier molecular flexibility index (Phi) is 2.19. The lowest BCUT2D eigenvalue weighted by Crippen LogP contribution is -2.15. The van der Waals surface area contributed by atoms with E-state index in [0.717, 1.165) is 12.8 Å². The highest BCUT2D eigenvalue weighted by Gasteiger charge is 2.30. The van der Waals surface area contributed by atoms with Crippen LogP contribution in [0.5, 0.6) is 0 Å². The number of fused-ring (bicyclic) bond motifs is 5. The molecular formula is C21H18. The Morgan fingerprint density at radius 3 is 2.48 bits per heavy atom. The third kappa shape index (κ3) is 1.45. The Morgan fingerprint density at radius 1 is 0.857 bits per heavy atom. The molecule has 0 aromatic heterocycles. The zero-order chi connectivity index (χ0) is 14.0. The number of allylic oxidation sites excluding steroid dienone is 4. The van der Waals surface area contributed by atoms with E-state index in [-0.39, 0.29) is 0 Å². The van der Waals surface area contributed by atoms with Crippen molar-refractivity contribution in [3.8, 4) is 11.1 Å². The van der Waals surface area contributed by atoms with Crippen molar-refractivity contribution in [3.63, 3.8) is 0 Å². The molecule has 0 radical (unpaired) electrons. The highest BCUT2D eigenvalue weighted by atomic mass is 14.3. The Bertz CT molecular complexity index is 847. The molecule has 0 saturated heterocycles. The van der Waals surface area contributed by atoms with Gasteiger partial charge >= 0.3 is 0 Å². The number of benzene rings is 2. The second kappa shape index (κ2) is 3.98. The third-order valence-corrected chi connectivity index (χ3v) is 5.46. The summed E-state index contributed by atoms with van der Waals surface area (Å²) in [5, 5.41) is 0. The molecule has 0 fully saturated rings. The maximum absolute atomic E-state index is 2.49. The lowest BCUT2D eigenvalue weighted by molar-refractivity contribution is 0.818. The molecule has 2 aromatic rings. The molecule has 0 nitrogen and oxygen atoms in total. The van der Waals surface area contributed by atoms with E-state index in [1.54, 1.807) is 22.3 Å². The van der Waals surface area contributed by atoms with E-state index in [4.69, 9.17) is 0 Å². The molecular weight excluding hydrogens is 252 g/mol. The van der Waals surface area contributed by atoms with Crippen molar-refractivity contribution in [2.75, 3.05) is 0 Å². The van der Waals surface area contributed by atoms with Gasteiger partial charge in [0.25, 0.3) is 0 Å². The molecule has 5 rings (SSSR count). The fraction of sp³-hybridized carbons (Fsp3) is 0.238. The summed E-state index contributed by atoms with van der Waals surface area (Å²) in [6, 6.07) is 11.4. The van der Waals surface area contributed by atoms with Crippen LogP contribution in [0.1, 0.15) is 41.2 Å². The van der Waals surface area contributed by atoms with Crippen LogP contribution >= 0.6 is 0 Å². The molecule has 2 aromatic carbocycles. The summed E-state index contributed by atoms with van der Waals surface area (Å²) in [7, 11) is 0. The highest BCUT2D eigenvalue weighted by molar-refractivity contribution is 5.86. The monoisotopic (exact) mass is 270 g/mol. The summed E-state index contributed by atoms with van der Waals surface area (Å²) >= 11 is 0. The fourth-order valence-electron chi connectivity index (χ4n) is 4.26. The van der Waals surface area contributed by atoms with Gasteiger partial charge in [-0.3, -0.25) is 0 Å². The summed E-state index contributed by atoms with van der Waals surface area (Å²) in [6.45, 7) is 2.26. The molecule has 0 amide bonds. The van der Waals surface area contributed by atoms with Gasteiger partial charge < -0.3 is 0 Å².